The highest BCUT2D eigenvalue weighted by atomic mass is 16.3. The fourth-order valence-corrected chi connectivity index (χ4v) is 2.46. The molecule has 0 aliphatic carbocycles. The molecule has 0 aliphatic rings. The lowest BCUT2D eigenvalue weighted by Gasteiger charge is -2.36. The summed E-state index contributed by atoms with van der Waals surface area (Å²) in [5.41, 5.74) is 2.85. The van der Waals surface area contributed by atoms with Gasteiger partial charge in [-0.2, -0.15) is 0 Å². The van der Waals surface area contributed by atoms with Gasteiger partial charge in [-0.15, -0.1) is 0 Å². The van der Waals surface area contributed by atoms with Crippen molar-refractivity contribution in [3.8, 4) is 0 Å². The van der Waals surface area contributed by atoms with Gasteiger partial charge in [0.1, 0.15) is 0 Å². The molecule has 0 aliphatic heterocycles. The van der Waals surface area contributed by atoms with Gasteiger partial charge in [0.25, 0.3) is 0 Å². The maximum absolute atomic E-state index is 10.7. The van der Waals surface area contributed by atoms with E-state index in [9.17, 15) is 10.2 Å². The van der Waals surface area contributed by atoms with E-state index in [1.54, 1.807) is 0 Å². The molecule has 0 spiro atoms. The van der Waals surface area contributed by atoms with Crippen LogP contribution in [0.4, 0.5) is 0 Å². The molecule has 1 rings (SSSR count). The topological polar surface area (TPSA) is 52.5 Å². The maximum atomic E-state index is 10.7. The van der Waals surface area contributed by atoms with Crippen LogP contribution in [0.15, 0.2) is 18.2 Å². The molecule has 20 heavy (non-hydrogen) atoms. The first-order valence-electron chi connectivity index (χ1n) is 7.31. The summed E-state index contributed by atoms with van der Waals surface area (Å²) in [5.74, 6) is 0.261. The van der Waals surface area contributed by atoms with Crippen molar-refractivity contribution in [3.63, 3.8) is 0 Å². The average molecular weight is 279 g/mol. The number of benzene rings is 1. The lowest BCUT2D eigenvalue weighted by atomic mass is 9.88. The van der Waals surface area contributed by atoms with Crippen molar-refractivity contribution in [1.82, 2.24) is 5.32 Å². The van der Waals surface area contributed by atoms with Crippen LogP contribution in [0.1, 0.15) is 50.5 Å². The largest absolute Gasteiger partial charge is 0.394 e. The van der Waals surface area contributed by atoms with Gasteiger partial charge in [-0.3, -0.25) is 0 Å². The van der Waals surface area contributed by atoms with E-state index in [4.69, 9.17) is 0 Å². The lowest BCUT2D eigenvalue weighted by Crippen LogP contribution is -2.52. The molecular weight excluding hydrogens is 250 g/mol. The van der Waals surface area contributed by atoms with Gasteiger partial charge in [-0.25, -0.2) is 0 Å². The number of hydrogen-bond donors (Lipinski definition) is 3. The van der Waals surface area contributed by atoms with Gasteiger partial charge in [0.05, 0.1) is 12.7 Å². The van der Waals surface area contributed by atoms with Crippen molar-refractivity contribution in [2.24, 2.45) is 5.92 Å². The van der Waals surface area contributed by atoms with Crippen molar-refractivity contribution in [1.29, 1.82) is 0 Å². The van der Waals surface area contributed by atoms with E-state index < -0.39 is 11.6 Å². The normalized spacial score (nSPS) is 15.4. The molecule has 114 valence electrons. The Morgan fingerprint density at radius 2 is 1.80 bits per heavy atom. The van der Waals surface area contributed by atoms with E-state index in [1.807, 2.05) is 32.9 Å². The molecule has 0 saturated carbocycles. The number of nitrogens with one attached hydrogen (secondary N) is 1. The Labute approximate surface area is 123 Å². The van der Waals surface area contributed by atoms with Crippen molar-refractivity contribution in [3.05, 3.63) is 34.9 Å². The molecule has 0 fully saturated rings. The van der Waals surface area contributed by atoms with Crippen LogP contribution in [0, 0.1) is 19.8 Å². The summed E-state index contributed by atoms with van der Waals surface area (Å²) < 4.78 is 0. The van der Waals surface area contributed by atoms with Gasteiger partial charge in [0.2, 0.25) is 0 Å². The second kappa shape index (κ2) is 6.70. The number of aliphatic hydroxyl groups excluding tert-OH is 2. The first-order chi connectivity index (χ1) is 9.18. The minimum absolute atomic E-state index is 0.0375. The van der Waals surface area contributed by atoms with E-state index in [1.165, 1.54) is 5.56 Å². The molecule has 2 atom stereocenters. The molecule has 3 heteroatoms. The quantitative estimate of drug-likeness (QED) is 0.750. The summed E-state index contributed by atoms with van der Waals surface area (Å²) in [6.07, 6.45) is -0.582. The SMILES string of the molecule is Cc1ccc(C(O)C(NC(C)(C)CO)C(C)C)c(C)c1. The van der Waals surface area contributed by atoms with Crippen LogP contribution < -0.4 is 5.32 Å². The van der Waals surface area contributed by atoms with Gasteiger partial charge in [0.15, 0.2) is 0 Å². The fraction of sp³-hybridized carbons (Fsp3) is 0.647. The molecule has 1 aromatic rings. The standard InChI is InChI=1S/C17H29NO2/c1-11(2)15(18-17(5,6)10-19)16(20)14-8-7-12(3)9-13(14)4/h7-9,11,15-16,18-20H,10H2,1-6H3. The summed E-state index contributed by atoms with van der Waals surface area (Å²) in [5, 5.41) is 23.5. The first-order valence-corrected chi connectivity index (χ1v) is 7.31. The Balaban J connectivity index is 3.02. The molecule has 0 saturated heterocycles. The number of aryl methyl sites for hydroxylation is 2. The highest BCUT2D eigenvalue weighted by Gasteiger charge is 2.30. The molecular formula is C17H29NO2. The molecule has 1 aromatic carbocycles. The Bertz CT molecular complexity index is 441. The Morgan fingerprint density at radius 1 is 1.20 bits per heavy atom. The van der Waals surface area contributed by atoms with Gasteiger partial charge in [-0.05, 0) is 44.7 Å². The zero-order valence-corrected chi connectivity index (χ0v) is 13.6. The van der Waals surface area contributed by atoms with Crippen molar-refractivity contribution >= 4 is 0 Å². The van der Waals surface area contributed by atoms with Gasteiger partial charge < -0.3 is 15.5 Å². The van der Waals surface area contributed by atoms with E-state index in [-0.39, 0.29) is 18.6 Å². The second-order valence-electron chi connectivity index (χ2n) is 6.76. The summed E-state index contributed by atoms with van der Waals surface area (Å²) in [4.78, 5) is 0. The average Bonchev–Trinajstić information content (AvgIpc) is 2.35. The third kappa shape index (κ3) is 4.30. The van der Waals surface area contributed by atoms with Crippen molar-refractivity contribution in [2.75, 3.05) is 6.61 Å². The first kappa shape index (κ1) is 17.2. The fourth-order valence-electron chi connectivity index (χ4n) is 2.46. The van der Waals surface area contributed by atoms with Crippen LogP contribution in [-0.2, 0) is 0 Å². The highest BCUT2D eigenvalue weighted by Crippen LogP contribution is 2.26. The van der Waals surface area contributed by atoms with Gasteiger partial charge >= 0.3 is 0 Å². The zero-order chi connectivity index (χ0) is 15.5. The smallest absolute Gasteiger partial charge is 0.0948 e. The zero-order valence-electron chi connectivity index (χ0n) is 13.6. The number of hydrogen-bond acceptors (Lipinski definition) is 3. The molecule has 3 N–H and O–H groups in total. The predicted octanol–water partition coefficient (Wildman–Crippen LogP) is 2.72. The Morgan fingerprint density at radius 3 is 2.25 bits per heavy atom. The number of rotatable bonds is 6. The van der Waals surface area contributed by atoms with E-state index in [0.717, 1.165) is 11.1 Å². The highest BCUT2D eigenvalue weighted by molar-refractivity contribution is 5.32. The lowest BCUT2D eigenvalue weighted by molar-refractivity contribution is 0.0709. The number of aliphatic hydroxyl groups is 2. The van der Waals surface area contributed by atoms with Crippen LogP contribution in [0.3, 0.4) is 0 Å². The summed E-state index contributed by atoms with van der Waals surface area (Å²) in [6, 6.07) is 6.02. The third-order valence-electron chi connectivity index (χ3n) is 3.76. The Hall–Kier alpha value is -0.900. The van der Waals surface area contributed by atoms with E-state index >= 15 is 0 Å². The van der Waals surface area contributed by atoms with Crippen LogP contribution in [0.5, 0.6) is 0 Å². The molecule has 0 heterocycles. The van der Waals surface area contributed by atoms with Crippen molar-refractivity contribution < 1.29 is 10.2 Å². The van der Waals surface area contributed by atoms with Crippen LogP contribution >= 0.6 is 0 Å². The van der Waals surface area contributed by atoms with Crippen LogP contribution in [-0.4, -0.2) is 28.4 Å². The minimum Gasteiger partial charge on any atom is -0.394 e. The van der Waals surface area contributed by atoms with Crippen LogP contribution in [0.2, 0.25) is 0 Å². The predicted molar refractivity (Wildman–Crippen MR) is 83.8 cm³/mol. The Kier molecular flexibility index (Phi) is 5.75. The summed E-state index contributed by atoms with van der Waals surface area (Å²) >= 11 is 0. The monoisotopic (exact) mass is 279 g/mol. The maximum Gasteiger partial charge on any atom is 0.0948 e. The molecule has 0 radical (unpaired) electrons. The molecule has 0 amide bonds. The minimum atomic E-state index is -0.582. The molecule has 0 aromatic heterocycles. The van der Waals surface area contributed by atoms with E-state index in [2.05, 4.69) is 32.2 Å². The molecule has 3 nitrogen and oxygen atoms in total. The van der Waals surface area contributed by atoms with E-state index in [0.29, 0.717) is 0 Å². The third-order valence-corrected chi connectivity index (χ3v) is 3.76. The summed E-state index contributed by atoms with van der Waals surface area (Å²) in [7, 11) is 0. The molecule has 2 unspecified atom stereocenters. The van der Waals surface area contributed by atoms with Gasteiger partial charge in [-0.1, -0.05) is 37.6 Å². The molecule has 0 bridgehead atoms. The second-order valence-corrected chi connectivity index (χ2v) is 6.76. The van der Waals surface area contributed by atoms with Crippen molar-refractivity contribution in [2.45, 2.75) is 59.2 Å². The van der Waals surface area contributed by atoms with Crippen LogP contribution in [0.25, 0.3) is 0 Å². The van der Waals surface area contributed by atoms with Gasteiger partial charge in [0, 0.05) is 11.6 Å². The summed E-state index contributed by atoms with van der Waals surface area (Å²) in [6.45, 7) is 12.2.